The van der Waals surface area contributed by atoms with Gasteiger partial charge in [-0.3, -0.25) is 4.79 Å². The van der Waals surface area contributed by atoms with Crippen LogP contribution in [0.3, 0.4) is 0 Å². The standard InChI is InChI=1S/C23H27NO3/c25-21-9-7-17(8-10-21)5-6-18-11-13-24(14-12-18)22(26)23(27)15-19-3-1-2-4-20(19)16-23/h1-4,7-10,18,25,27H,5-6,11-16H2. The Kier molecular flexibility index (Phi) is 4.92. The quantitative estimate of drug-likeness (QED) is 0.875. The zero-order chi connectivity index (χ0) is 18.9. The third-order valence-corrected chi connectivity index (χ3v) is 6.16. The maximum Gasteiger partial charge on any atom is 0.255 e. The number of likely N-dealkylation sites (tertiary alicyclic amines) is 1. The fourth-order valence-corrected chi connectivity index (χ4v) is 4.50. The Bertz CT molecular complexity index is 782. The molecule has 4 heteroatoms. The van der Waals surface area contributed by atoms with Crippen molar-refractivity contribution >= 4 is 5.91 Å². The van der Waals surface area contributed by atoms with Gasteiger partial charge < -0.3 is 15.1 Å². The van der Waals surface area contributed by atoms with E-state index < -0.39 is 5.60 Å². The summed E-state index contributed by atoms with van der Waals surface area (Å²) in [7, 11) is 0. The van der Waals surface area contributed by atoms with E-state index in [-0.39, 0.29) is 5.91 Å². The Morgan fingerprint density at radius 2 is 1.59 bits per heavy atom. The lowest BCUT2D eigenvalue weighted by Gasteiger charge is -2.36. The lowest BCUT2D eigenvalue weighted by Crippen LogP contribution is -2.52. The third kappa shape index (κ3) is 3.86. The van der Waals surface area contributed by atoms with Gasteiger partial charge in [-0.1, -0.05) is 36.4 Å². The number of carbonyl (C=O) groups is 1. The lowest BCUT2D eigenvalue weighted by atomic mass is 9.89. The SMILES string of the molecule is O=C(N1CCC(CCc2ccc(O)cc2)CC1)C1(O)Cc2ccccc2C1. The average Bonchev–Trinajstić information content (AvgIpc) is 3.05. The van der Waals surface area contributed by atoms with E-state index in [0.29, 0.717) is 24.5 Å². The maximum absolute atomic E-state index is 13.0. The number of nitrogens with zero attached hydrogens (tertiary/aromatic N) is 1. The van der Waals surface area contributed by atoms with Gasteiger partial charge >= 0.3 is 0 Å². The van der Waals surface area contributed by atoms with E-state index >= 15 is 0 Å². The van der Waals surface area contributed by atoms with Gasteiger partial charge in [0, 0.05) is 25.9 Å². The minimum absolute atomic E-state index is 0.101. The lowest BCUT2D eigenvalue weighted by molar-refractivity contribution is -0.151. The van der Waals surface area contributed by atoms with E-state index in [1.807, 2.05) is 41.3 Å². The normalized spacial score (nSPS) is 19.1. The highest BCUT2D eigenvalue weighted by Gasteiger charge is 2.44. The second-order valence-electron chi connectivity index (χ2n) is 8.09. The Labute approximate surface area is 160 Å². The van der Waals surface area contributed by atoms with Crippen molar-refractivity contribution in [1.29, 1.82) is 0 Å². The van der Waals surface area contributed by atoms with Crippen molar-refractivity contribution in [3.8, 4) is 5.75 Å². The number of phenolic OH excluding ortho intramolecular Hbond substituents is 1. The summed E-state index contributed by atoms with van der Waals surface area (Å²) in [5.74, 6) is 0.812. The molecule has 2 N–H and O–H groups in total. The molecule has 0 unspecified atom stereocenters. The van der Waals surface area contributed by atoms with Crippen LogP contribution in [0.5, 0.6) is 5.75 Å². The molecule has 4 nitrogen and oxygen atoms in total. The number of rotatable bonds is 4. The Morgan fingerprint density at radius 1 is 1.00 bits per heavy atom. The predicted octanol–water partition coefficient (Wildman–Crippen LogP) is 3.09. The van der Waals surface area contributed by atoms with Crippen LogP contribution in [-0.2, 0) is 24.1 Å². The Morgan fingerprint density at radius 3 is 2.19 bits per heavy atom. The van der Waals surface area contributed by atoms with E-state index in [1.54, 1.807) is 12.1 Å². The topological polar surface area (TPSA) is 60.8 Å². The molecule has 0 saturated carbocycles. The van der Waals surface area contributed by atoms with Gasteiger partial charge in [0.05, 0.1) is 0 Å². The molecule has 1 aliphatic carbocycles. The highest BCUT2D eigenvalue weighted by Crippen LogP contribution is 2.33. The van der Waals surface area contributed by atoms with Gasteiger partial charge in [0.25, 0.3) is 5.91 Å². The first-order chi connectivity index (χ1) is 13.0. The molecule has 0 bridgehead atoms. The summed E-state index contributed by atoms with van der Waals surface area (Å²) in [4.78, 5) is 14.8. The van der Waals surface area contributed by atoms with Crippen LogP contribution in [0.2, 0.25) is 0 Å². The molecule has 4 rings (SSSR count). The van der Waals surface area contributed by atoms with E-state index in [1.165, 1.54) is 5.56 Å². The van der Waals surface area contributed by atoms with E-state index in [9.17, 15) is 15.0 Å². The highest BCUT2D eigenvalue weighted by molar-refractivity contribution is 5.87. The molecular formula is C23H27NO3. The largest absolute Gasteiger partial charge is 0.508 e. The first-order valence-electron chi connectivity index (χ1n) is 9.90. The number of hydrogen-bond donors (Lipinski definition) is 2. The number of benzene rings is 2. The average molecular weight is 365 g/mol. The Hall–Kier alpha value is -2.33. The number of carbonyl (C=O) groups excluding carboxylic acids is 1. The molecule has 1 amide bonds. The fourth-order valence-electron chi connectivity index (χ4n) is 4.50. The van der Waals surface area contributed by atoms with Gasteiger partial charge in [-0.2, -0.15) is 0 Å². The summed E-state index contributed by atoms with van der Waals surface area (Å²) in [5.41, 5.74) is 2.17. The van der Waals surface area contributed by atoms with Gasteiger partial charge in [0.1, 0.15) is 5.75 Å². The predicted molar refractivity (Wildman–Crippen MR) is 105 cm³/mol. The van der Waals surface area contributed by atoms with Gasteiger partial charge in [-0.15, -0.1) is 0 Å². The molecule has 1 aliphatic heterocycles. The second kappa shape index (κ2) is 7.35. The number of hydrogen-bond acceptors (Lipinski definition) is 3. The number of phenols is 1. The molecule has 1 saturated heterocycles. The summed E-state index contributed by atoms with van der Waals surface area (Å²) in [6.45, 7) is 1.47. The molecule has 0 atom stereocenters. The summed E-state index contributed by atoms with van der Waals surface area (Å²) in [6, 6.07) is 15.4. The minimum Gasteiger partial charge on any atom is -0.508 e. The van der Waals surface area contributed by atoms with Crippen molar-refractivity contribution in [3.63, 3.8) is 0 Å². The van der Waals surface area contributed by atoms with Gasteiger partial charge in [0.2, 0.25) is 0 Å². The summed E-state index contributed by atoms with van der Waals surface area (Å²) >= 11 is 0. The monoisotopic (exact) mass is 365 g/mol. The number of fused-ring (bicyclic) bond motifs is 1. The molecule has 0 spiro atoms. The molecule has 2 aromatic rings. The van der Waals surface area contributed by atoms with Gasteiger partial charge in [-0.05, 0) is 60.4 Å². The van der Waals surface area contributed by atoms with Gasteiger partial charge in [-0.25, -0.2) is 0 Å². The number of aryl methyl sites for hydroxylation is 1. The zero-order valence-electron chi connectivity index (χ0n) is 15.6. The maximum atomic E-state index is 13.0. The summed E-state index contributed by atoms with van der Waals surface area (Å²) in [6.07, 6.45) is 4.95. The number of piperidine rings is 1. The van der Waals surface area contributed by atoms with Crippen LogP contribution >= 0.6 is 0 Å². The van der Waals surface area contributed by atoms with Crippen LogP contribution in [0.25, 0.3) is 0 Å². The molecule has 2 aliphatic rings. The van der Waals surface area contributed by atoms with Crippen LogP contribution in [0, 0.1) is 5.92 Å². The molecule has 0 radical (unpaired) electrons. The van der Waals surface area contributed by atoms with Crippen LogP contribution in [0.4, 0.5) is 0 Å². The van der Waals surface area contributed by atoms with Crippen molar-refractivity contribution in [3.05, 3.63) is 65.2 Å². The summed E-state index contributed by atoms with van der Waals surface area (Å²) in [5, 5.41) is 20.3. The number of aliphatic hydroxyl groups is 1. The highest BCUT2D eigenvalue weighted by atomic mass is 16.3. The first kappa shape index (κ1) is 18.1. The van der Waals surface area contributed by atoms with E-state index in [2.05, 4.69) is 0 Å². The molecule has 142 valence electrons. The molecule has 1 heterocycles. The molecule has 2 aromatic carbocycles. The zero-order valence-corrected chi connectivity index (χ0v) is 15.6. The van der Waals surface area contributed by atoms with Gasteiger partial charge in [0.15, 0.2) is 5.60 Å². The Balaban J connectivity index is 1.29. The third-order valence-electron chi connectivity index (χ3n) is 6.16. The van der Waals surface area contributed by atoms with Crippen LogP contribution in [-0.4, -0.2) is 39.7 Å². The van der Waals surface area contributed by atoms with Crippen molar-refractivity contribution in [2.75, 3.05) is 13.1 Å². The van der Waals surface area contributed by atoms with Crippen LogP contribution in [0.1, 0.15) is 36.0 Å². The van der Waals surface area contributed by atoms with E-state index in [4.69, 9.17) is 0 Å². The van der Waals surface area contributed by atoms with Crippen LogP contribution in [0.15, 0.2) is 48.5 Å². The van der Waals surface area contributed by atoms with Crippen LogP contribution < -0.4 is 0 Å². The molecular weight excluding hydrogens is 338 g/mol. The number of amides is 1. The van der Waals surface area contributed by atoms with Crippen molar-refractivity contribution < 1.29 is 15.0 Å². The molecule has 1 fully saturated rings. The van der Waals surface area contributed by atoms with Crippen molar-refractivity contribution in [2.45, 2.75) is 44.1 Å². The first-order valence-corrected chi connectivity index (χ1v) is 9.90. The molecule has 27 heavy (non-hydrogen) atoms. The smallest absolute Gasteiger partial charge is 0.255 e. The fraction of sp³-hybridized carbons (Fsp3) is 0.435. The number of aromatic hydroxyl groups is 1. The van der Waals surface area contributed by atoms with Crippen molar-refractivity contribution in [1.82, 2.24) is 4.90 Å². The summed E-state index contributed by atoms with van der Waals surface area (Å²) < 4.78 is 0. The molecule has 0 aromatic heterocycles. The second-order valence-corrected chi connectivity index (χ2v) is 8.09. The van der Waals surface area contributed by atoms with E-state index in [0.717, 1.165) is 49.9 Å². The van der Waals surface area contributed by atoms with Crippen molar-refractivity contribution in [2.24, 2.45) is 5.92 Å². The minimum atomic E-state index is -1.26.